The van der Waals surface area contributed by atoms with Crippen molar-refractivity contribution in [1.29, 1.82) is 0 Å². The van der Waals surface area contributed by atoms with E-state index in [2.05, 4.69) is 20.3 Å². The summed E-state index contributed by atoms with van der Waals surface area (Å²) in [7, 11) is 0. The van der Waals surface area contributed by atoms with Gasteiger partial charge in [-0.2, -0.15) is 0 Å². The van der Waals surface area contributed by atoms with E-state index in [1.54, 1.807) is 30.0 Å². The molecule has 0 radical (unpaired) electrons. The number of nitrogen functional groups attached to an aromatic ring is 1. The Morgan fingerprint density at radius 1 is 1.08 bits per heavy atom. The molecule has 0 spiro atoms. The number of nitrogens with one attached hydrogen (secondary N) is 1. The van der Waals surface area contributed by atoms with Gasteiger partial charge in [-0.25, -0.2) is 14.5 Å². The summed E-state index contributed by atoms with van der Waals surface area (Å²) in [6.07, 6.45) is 3.24. The van der Waals surface area contributed by atoms with Crippen molar-refractivity contribution in [3.05, 3.63) is 88.7 Å². The van der Waals surface area contributed by atoms with Crippen molar-refractivity contribution in [2.75, 3.05) is 36.9 Å². The Morgan fingerprint density at radius 2 is 1.87 bits per heavy atom. The fourth-order valence-corrected chi connectivity index (χ4v) is 4.87. The lowest BCUT2D eigenvalue weighted by Gasteiger charge is -2.30. The molecule has 0 saturated carbocycles. The summed E-state index contributed by atoms with van der Waals surface area (Å²) in [5, 5.41) is 7.65. The summed E-state index contributed by atoms with van der Waals surface area (Å²) in [5.74, 6) is -0.000574. The predicted octanol–water partition coefficient (Wildman–Crippen LogP) is 2.34. The van der Waals surface area contributed by atoms with Gasteiger partial charge < -0.3 is 20.7 Å². The van der Waals surface area contributed by atoms with Crippen molar-refractivity contribution >= 4 is 34.0 Å². The minimum atomic E-state index is -0.648. The molecule has 3 N–H and O–H groups in total. The second kappa shape index (κ2) is 9.60. The van der Waals surface area contributed by atoms with E-state index in [1.165, 1.54) is 4.52 Å². The average Bonchev–Trinajstić information content (AvgIpc) is 3.29. The van der Waals surface area contributed by atoms with Crippen molar-refractivity contribution in [2.45, 2.75) is 13.0 Å². The number of benzene rings is 2. The molecule has 2 aromatic carbocycles. The van der Waals surface area contributed by atoms with Gasteiger partial charge in [-0.1, -0.05) is 24.3 Å². The molecular formula is C27H26N8O3. The molecule has 11 heteroatoms. The molecule has 1 atom stereocenters. The highest BCUT2D eigenvalue weighted by atomic mass is 16.5. The van der Waals surface area contributed by atoms with E-state index in [0.717, 1.165) is 5.69 Å². The van der Waals surface area contributed by atoms with Gasteiger partial charge in [0.05, 0.1) is 41.5 Å². The van der Waals surface area contributed by atoms with Crippen molar-refractivity contribution in [3.8, 4) is 5.69 Å². The first-order chi connectivity index (χ1) is 18.5. The first kappa shape index (κ1) is 23.6. The summed E-state index contributed by atoms with van der Waals surface area (Å²) < 4.78 is 8.53. The van der Waals surface area contributed by atoms with E-state index in [-0.39, 0.29) is 16.9 Å². The molecule has 1 saturated heterocycles. The molecule has 11 nitrogen and oxygen atoms in total. The molecule has 192 valence electrons. The van der Waals surface area contributed by atoms with Gasteiger partial charge in [-0.05, 0) is 37.3 Å². The molecule has 0 aliphatic carbocycles. The Hall–Kier alpha value is -4.77. The van der Waals surface area contributed by atoms with Crippen LogP contribution in [-0.4, -0.2) is 56.4 Å². The quantitative estimate of drug-likeness (QED) is 0.368. The number of aromatic nitrogens is 5. The first-order valence-corrected chi connectivity index (χ1v) is 12.4. The highest BCUT2D eigenvalue weighted by Gasteiger charge is 2.26. The third kappa shape index (κ3) is 4.02. The van der Waals surface area contributed by atoms with Crippen LogP contribution in [0.5, 0.6) is 0 Å². The van der Waals surface area contributed by atoms with Crippen LogP contribution in [0.4, 0.5) is 11.5 Å². The van der Waals surface area contributed by atoms with Gasteiger partial charge >= 0.3 is 0 Å². The van der Waals surface area contributed by atoms with E-state index in [1.807, 2.05) is 48.5 Å². The molecular weight excluding hydrogens is 484 g/mol. The second-order valence-corrected chi connectivity index (χ2v) is 9.06. The van der Waals surface area contributed by atoms with Crippen molar-refractivity contribution in [2.24, 2.45) is 0 Å². The summed E-state index contributed by atoms with van der Waals surface area (Å²) in [6, 6.07) is 16.0. The van der Waals surface area contributed by atoms with E-state index in [4.69, 9.17) is 15.5 Å². The van der Waals surface area contributed by atoms with Crippen LogP contribution in [0.25, 0.3) is 22.2 Å². The monoisotopic (exact) mass is 510 g/mol. The summed E-state index contributed by atoms with van der Waals surface area (Å²) in [4.78, 5) is 38.8. The number of hydrogen-bond acceptors (Lipinski definition) is 8. The maximum atomic E-state index is 14.2. The zero-order valence-corrected chi connectivity index (χ0v) is 20.7. The van der Waals surface area contributed by atoms with Gasteiger partial charge in [0.1, 0.15) is 11.4 Å². The number of rotatable bonds is 5. The van der Waals surface area contributed by atoms with E-state index >= 15 is 0 Å². The molecule has 1 aliphatic heterocycles. The van der Waals surface area contributed by atoms with E-state index in [9.17, 15) is 9.59 Å². The van der Waals surface area contributed by atoms with Gasteiger partial charge in [-0.15, -0.1) is 5.10 Å². The normalized spacial score (nSPS) is 14.6. The topological polar surface area (TPSA) is 133 Å². The Kier molecular flexibility index (Phi) is 5.97. The van der Waals surface area contributed by atoms with Crippen molar-refractivity contribution in [3.63, 3.8) is 0 Å². The number of anilines is 2. The number of nitrogens with two attached hydrogens (primary N) is 1. The second-order valence-electron chi connectivity index (χ2n) is 9.06. The molecule has 1 fully saturated rings. The van der Waals surface area contributed by atoms with Crippen LogP contribution < -0.4 is 21.5 Å². The number of para-hydroxylation sites is 1. The molecule has 1 aliphatic rings. The van der Waals surface area contributed by atoms with E-state index < -0.39 is 11.9 Å². The Labute approximate surface area is 217 Å². The number of carbonyl (C=O) groups excluding carboxylic acids is 1. The van der Waals surface area contributed by atoms with Gasteiger partial charge in [0.15, 0.2) is 11.5 Å². The Bertz CT molecular complexity index is 1710. The van der Waals surface area contributed by atoms with E-state index in [0.29, 0.717) is 54.4 Å². The Morgan fingerprint density at radius 3 is 2.66 bits per heavy atom. The van der Waals surface area contributed by atoms with Crippen LogP contribution in [0.2, 0.25) is 0 Å². The average molecular weight is 511 g/mol. The number of fused-ring (bicyclic) bond motifs is 2. The highest BCUT2D eigenvalue weighted by Crippen LogP contribution is 2.27. The van der Waals surface area contributed by atoms with Crippen LogP contribution in [0.1, 0.15) is 29.1 Å². The zero-order valence-electron chi connectivity index (χ0n) is 20.7. The zero-order chi connectivity index (χ0) is 26.2. The lowest BCUT2D eigenvalue weighted by atomic mass is 10.1. The summed E-state index contributed by atoms with van der Waals surface area (Å²) in [5.41, 5.74) is 8.38. The van der Waals surface area contributed by atoms with Crippen LogP contribution in [0.3, 0.4) is 0 Å². The fraction of sp³-hybridized carbons (Fsp3) is 0.222. The molecule has 1 unspecified atom stereocenters. The lowest BCUT2D eigenvalue weighted by Crippen LogP contribution is -2.38. The molecule has 38 heavy (non-hydrogen) atoms. The maximum absolute atomic E-state index is 14.2. The minimum absolute atomic E-state index is 0.0653. The van der Waals surface area contributed by atoms with Gasteiger partial charge in [0.2, 0.25) is 0 Å². The van der Waals surface area contributed by atoms with Crippen LogP contribution in [0, 0.1) is 0 Å². The SMILES string of the molecule is CC(NC(=O)c1c(N)nn2cccnc12)c1nc2cccc(N3CCOCC3)c2c(=O)n1-c1ccccc1. The molecule has 0 bridgehead atoms. The lowest BCUT2D eigenvalue weighted by molar-refractivity contribution is 0.0940. The number of amides is 1. The van der Waals surface area contributed by atoms with Crippen molar-refractivity contribution in [1.82, 2.24) is 29.5 Å². The number of morpholine rings is 1. The third-order valence-corrected chi connectivity index (χ3v) is 6.65. The number of nitrogens with zero attached hydrogens (tertiary/aromatic N) is 6. The summed E-state index contributed by atoms with van der Waals surface area (Å²) in [6.45, 7) is 4.35. The third-order valence-electron chi connectivity index (χ3n) is 6.65. The maximum Gasteiger partial charge on any atom is 0.268 e. The molecule has 1 amide bonds. The fourth-order valence-electron chi connectivity index (χ4n) is 4.87. The largest absolute Gasteiger partial charge is 0.381 e. The number of ether oxygens (including phenoxy) is 1. The predicted molar refractivity (Wildman–Crippen MR) is 144 cm³/mol. The van der Waals surface area contributed by atoms with Crippen LogP contribution in [0.15, 0.2) is 71.8 Å². The Balaban J connectivity index is 1.48. The standard InChI is InChI=1S/C27H26N8O3/c1-17(30-26(36)22-23(28)32-34-12-6-11-29-25(22)34)24-31-19-9-5-10-20(33-13-15-38-16-14-33)21(19)27(37)35(24)18-7-3-2-4-8-18/h2-12,17H,13-16H2,1H3,(H2,28,32)(H,30,36). The number of hydrogen-bond donors (Lipinski definition) is 2. The van der Waals surface area contributed by atoms with Gasteiger partial charge in [0, 0.05) is 25.5 Å². The molecule has 5 aromatic rings. The van der Waals surface area contributed by atoms with Crippen molar-refractivity contribution < 1.29 is 9.53 Å². The summed E-state index contributed by atoms with van der Waals surface area (Å²) >= 11 is 0. The molecule has 6 rings (SSSR count). The molecule has 3 aromatic heterocycles. The van der Waals surface area contributed by atoms with Gasteiger partial charge in [-0.3, -0.25) is 14.2 Å². The molecule has 4 heterocycles. The van der Waals surface area contributed by atoms with Crippen LogP contribution >= 0.6 is 0 Å². The van der Waals surface area contributed by atoms with Crippen LogP contribution in [-0.2, 0) is 4.74 Å². The first-order valence-electron chi connectivity index (χ1n) is 12.4. The smallest absolute Gasteiger partial charge is 0.268 e. The number of carbonyl (C=O) groups is 1. The minimum Gasteiger partial charge on any atom is -0.381 e. The highest BCUT2D eigenvalue weighted by molar-refractivity contribution is 6.04. The van der Waals surface area contributed by atoms with Gasteiger partial charge in [0.25, 0.3) is 11.5 Å².